The van der Waals surface area contributed by atoms with Crippen molar-refractivity contribution in [3.05, 3.63) is 53.1 Å². The summed E-state index contributed by atoms with van der Waals surface area (Å²) >= 11 is 6.00. The fourth-order valence-electron chi connectivity index (χ4n) is 1.63. The van der Waals surface area contributed by atoms with Crippen molar-refractivity contribution in [1.29, 1.82) is 0 Å². The molecule has 0 spiro atoms. The smallest absolute Gasteiger partial charge is 0.193 e. The first-order valence-electron chi connectivity index (χ1n) is 4.68. The molecule has 2 rings (SSSR count). The van der Waals surface area contributed by atoms with Gasteiger partial charge in [0.1, 0.15) is 0 Å². The lowest BCUT2D eigenvalue weighted by Crippen LogP contribution is -2.30. The maximum absolute atomic E-state index is 9.79. The van der Waals surface area contributed by atoms with E-state index in [0.29, 0.717) is 16.2 Å². The van der Waals surface area contributed by atoms with Crippen LogP contribution in [0.2, 0.25) is 5.02 Å². The molecule has 15 heavy (non-hydrogen) atoms. The molecule has 0 amide bonds. The van der Waals surface area contributed by atoms with E-state index in [1.807, 2.05) is 12.1 Å². The third kappa shape index (κ3) is 1.97. The molecule has 1 aromatic rings. The van der Waals surface area contributed by atoms with Gasteiger partial charge in [0.25, 0.3) is 0 Å². The van der Waals surface area contributed by atoms with E-state index in [9.17, 15) is 10.2 Å². The zero-order valence-corrected chi connectivity index (χ0v) is 8.78. The third-order valence-electron chi connectivity index (χ3n) is 2.40. The average molecular weight is 223 g/mol. The minimum Gasteiger partial charge on any atom is -0.362 e. The second-order valence-corrected chi connectivity index (χ2v) is 3.92. The van der Waals surface area contributed by atoms with Crippen LogP contribution < -0.4 is 0 Å². The molecule has 0 heterocycles. The van der Waals surface area contributed by atoms with Crippen molar-refractivity contribution in [1.82, 2.24) is 0 Å². The predicted molar refractivity (Wildman–Crippen MR) is 60.4 cm³/mol. The summed E-state index contributed by atoms with van der Waals surface area (Å²) in [6.45, 7) is 0. The number of hydrogen-bond acceptors (Lipinski definition) is 2. The summed E-state index contributed by atoms with van der Waals surface area (Å²) in [5.41, 5.74) is 1.10. The van der Waals surface area contributed by atoms with Gasteiger partial charge in [-0.05, 0) is 6.07 Å². The number of hydrogen-bond donors (Lipinski definition) is 2. The Morgan fingerprint density at radius 2 is 1.93 bits per heavy atom. The maximum atomic E-state index is 9.79. The zero-order valence-electron chi connectivity index (χ0n) is 8.02. The Hall–Kier alpha value is -1.09. The number of rotatable bonds is 1. The van der Waals surface area contributed by atoms with Crippen molar-refractivity contribution in [2.24, 2.45) is 0 Å². The van der Waals surface area contributed by atoms with E-state index in [0.717, 1.165) is 0 Å². The van der Waals surface area contributed by atoms with Crippen LogP contribution in [0.1, 0.15) is 12.0 Å². The highest BCUT2D eigenvalue weighted by Gasteiger charge is 2.30. The molecule has 0 saturated carbocycles. The van der Waals surface area contributed by atoms with Crippen LogP contribution in [0.4, 0.5) is 0 Å². The summed E-state index contributed by atoms with van der Waals surface area (Å²) in [6.07, 6.45) is 5.36. The first kappa shape index (κ1) is 10.4. The van der Waals surface area contributed by atoms with Crippen LogP contribution in [0.5, 0.6) is 0 Å². The largest absolute Gasteiger partial charge is 0.362 e. The minimum absolute atomic E-state index is 0.185. The van der Waals surface area contributed by atoms with Crippen molar-refractivity contribution in [2.45, 2.75) is 12.2 Å². The van der Waals surface area contributed by atoms with Gasteiger partial charge in [0.2, 0.25) is 0 Å². The van der Waals surface area contributed by atoms with E-state index in [2.05, 4.69) is 0 Å². The lowest BCUT2D eigenvalue weighted by molar-refractivity contribution is -0.105. The Bertz CT molecular complexity index is 433. The van der Waals surface area contributed by atoms with E-state index in [4.69, 9.17) is 11.6 Å². The first-order valence-corrected chi connectivity index (χ1v) is 5.06. The summed E-state index contributed by atoms with van der Waals surface area (Å²) < 4.78 is 0. The van der Waals surface area contributed by atoms with Gasteiger partial charge in [-0.3, -0.25) is 0 Å². The van der Waals surface area contributed by atoms with Gasteiger partial charge < -0.3 is 10.2 Å². The first-order chi connectivity index (χ1) is 7.11. The second-order valence-electron chi connectivity index (χ2n) is 3.51. The molecule has 0 bridgehead atoms. The SMILES string of the molecule is OC1(O)CC=CC=C1c1ccccc1Cl. The fraction of sp³-hybridized carbons (Fsp3) is 0.167. The van der Waals surface area contributed by atoms with E-state index >= 15 is 0 Å². The van der Waals surface area contributed by atoms with Crippen LogP contribution >= 0.6 is 11.6 Å². The van der Waals surface area contributed by atoms with Crippen molar-refractivity contribution < 1.29 is 10.2 Å². The van der Waals surface area contributed by atoms with Crippen molar-refractivity contribution in [2.75, 3.05) is 0 Å². The van der Waals surface area contributed by atoms with Crippen LogP contribution in [0, 0.1) is 0 Å². The lowest BCUT2D eigenvalue weighted by Gasteiger charge is -2.26. The van der Waals surface area contributed by atoms with Gasteiger partial charge >= 0.3 is 0 Å². The molecule has 1 aliphatic rings. The monoisotopic (exact) mass is 222 g/mol. The molecular formula is C12H11ClO2. The fourth-order valence-corrected chi connectivity index (χ4v) is 1.86. The highest BCUT2D eigenvalue weighted by molar-refractivity contribution is 6.32. The second kappa shape index (κ2) is 3.81. The molecule has 0 fully saturated rings. The molecule has 1 aromatic carbocycles. The molecule has 1 aliphatic carbocycles. The van der Waals surface area contributed by atoms with Gasteiger partial charge in [-0.15, -0.1) is 0 Å². The Morgan fingerprint density at radius 1 is 1.20 bits per heavy atom. The lowest BCUT2D eigenvalue weighted by atomic mass is 9.91. The van der Waals surface area contributed by atoms with Gasteiger partial charge in [-0.1, -0.05) is 48.0 Å². The van der Waals surface area contributed by atoms with Crippen LogP contribution in [0.3, 0.4) is 0 Å². The summed E-state index contributed by atoms with van der Waals surface area (Å²) in [6, 6.07) is 7.12. The normalized spacial score (nSPS) is 18.7. The number of halogens is 1. The summed E-state index contributed by atoms with van der Waals surface area (Å²) in [5.74, 6) is -1.82. The Morgan fingerprint density at radius 3 is 2.60 bits per heavy atom. The average Bonchev–Trinajstić information content (AvgIpc) is 2.19. The van der Waals surface area contributed by atoms with Gasteiger partial charge in [0.05, 0.1) is 0 Å². The van der Waals surface area contributed by atoms with E-state index in [-0.39, 0.29) is 6.42 Å². The summed E-state index contributed by atoms with van der Waals surface area (Å²) in [7, 11) is 0. The van der Waals surface area contributed by atoms with Crippen LogP contribution in [-0.4, -0.2) is 16.0 Å². The van der Waals surface area contributed by atoms with E-state index in [1.165, 1.54) is 0 Å². The number of allylic oxidation sites excluding steroid dienone is 2. The Balaban J connectivity index is 2.51. The molecule has 0 aromatic heterocycles. The van der Waals surface area contributed by atoms with Gasteiger partial charge in [-0.25, -0.2) is 0 Å². The van der Waals surface area contributed by atoms with Crippen LogP contribution in [0.15, 0.2) is 42.5 Å². The van der Waals surface area contributed by atoms with E-state index in [1.54, 1.807) is 30.4 Å². The van der Waals surface area contributed by atoms with Crippen LogP contribution in [0.25, 0.3) is 5.57 Å². The zero-order chi connectivity index (χ0) is 10.9. The van der Waals surface area contributed by atoms with Crippen molar-refractivity contribution >= 4 is 17.2 Å². The quantitative estimate of drug-likeness (QED) is 0.717. The third-order valence-corrected chi connectivity index (χ3v) is 2.73. The number of aliphatic hydroxyl groups is 2. The predicted octanol–water partition coefficient (Wildman–Crippen LogP) is 2.36. The Labute approximate surface area is 93.1 Å². The molecular weight excluding hydrogens is 212 g/mol. The number of benzene rings is 1. The molecule has 0 radical (unpaired) electrons. The van der Waals surface area contributed by atoms with Crippen molar-refractivity contribution in [3.63, 3.8) is 0 Å². The molecule has 2 nitrogen and oxygen atoms in total. The molecule has 0 aliphatic heterocycles. The Kier molecular flexibility index (Phi) is 2.65. The van der Waals surface area contributed by atoms with E-state index < -0.39 is 5.79 Å². The standard InChI is InChI=1S/C12H11ClO2/c13-11-7-2-1-5-9(11)10-6-3-4-8-12(10,14)15/h1-7,14-15H,8H2. The highest BCUT2D eigenvalue weighted by Crippen LogP contribution is 2.34. The molecule has 0 atom stereocenters. The summed E-state index contributed by atoms with van der Waals surface area (Å²) in [5, 5.41) is 20.1. The molecule has 78 valence electrons. The van der Waals surface area contributed by atoms with Crippen LogP contribution in [-0.2, 0) is 0 Å². The van der Waals surface area contributed by atoms with Crippen molar-refractivity contribution in [3.8, 4) is 0 Å². The molecule has 0 unspecified atom stereocenters. The van der Waals surface area contributed by atoms with Gasteiger partial charge in [0, 0.05) is 22.6 Å². The topological polar surface area (TPSA) is 40.5 Å². The minimum atomic E-state index is -1.82. The van der Waals surface area contributed by atoms with Gasteiger partial charge in [0.15, 0.2) is 5.79 Å². The summed E-state index contributed by atoms with van der Waals surface area (Å²) in [4.78, 5) is 0. The van der Waals surface area contributed by atoms with Gasteiger partial charge in [-0.2, -0.15) is 0 Å². The molecule has 2 N–H and O–H groups in total. The molecule has 3 heteroatoms. The highest BCUT2D eigenvalue weighted by atomic mass is 35.5. The molecule has 0 saturated heterocycles. The maximum Gasteiger partial charge on any atom is 0.193 e.